The Morgan fingerprint density at radius 3 is 2.38 bits per heavy atom. The summed E-state index contributed by atoms with van der Waals surface area (Å²) >= 11 is 0. The van der Waals surface area contributed by atoms with E-state index in [1.165, 1.54) is 6.26 Å². The molecule has 1 atom stereocenters. The van der Waals surface area contributed by atoms with Crippen LogP contribution in [-0.4, -0.2) is 39.6 Å². The Hall–Kier alpha value is -0.550. The smallest absolute Gasteiger partial charge is 0.260 e. The normalized spacial score (nSPS) is 14.0. The zero-order chi connectivity index (χ0) is 16.3. The van der Waals surface area contributed by atoms with Crippen molar-refractivity contribution in [2.75, 3.05) is 18.6 Å². The monoisotopic (exact) mass is 377 g/mol. The van der Waals surface area contributed by atoms with Gasteiger partial charge in [0.2, 0.25) is 10.0 Å². The first-order valence-corrected chi connectivity index (χ1v) is 11.1. The molecular formula is C10H13ClFNO5S3. The van der Waals surface area contributed by atoms with E-state index in [1.54, 1.807) is 0 Å². The van der Waals surface area contributed by atoms with E-state index >= 15 is 0 Å². The van der Waals surface area contributed by atoms with Gasteiger partial charge >= 0.3 is 0 Å². The highest BCUT2D eigenvalue weighted by molar-refractivity contribution is 8.13. The van der Waals surface area contributed by atoms with Gasteiger partial charge in [0.15, 0.2) is 0 Å². The first-order chi connectivity index (χ1) is 9.54. The van der Waals surface area contributed by atoms with E-state index in [0.29, 0.717) is 18.2 Å². The molecule has 0 saturated heterocycles. The molecule has 120 valence electrons. The Labute approximate surface area is 129 Å². The lowest BCUT2D eigenvalue weighted by Gasteiger charge is -2.08. The Morgan fingerprint density at radius 1 is 1.29 bits per heavy atom. The molecule has 1 aromatic carbocycles. The highest BCUT2D eigenvalue weighted by atomic mass is 35.7. The topological polar surface area (TPSA) is 97.4 Å². The zero-order valence-electron chi connectivity index (χ0n) is 10.9. The first kappa shape index (κ1) is 18.5. The number of halogens is 2. The van der Waals surface area contributed by atoms with Gasteiger partial charge in [0, 0.05) is 40.0 Å². The Morgan fingerprint density at radius 2 is 1.90 bits per heavy atom. The largest absolute Gasteiger partial charge is 0.261 e. The second kappa shape index (κ2) is 7.14. The van der Waals surface area contributed by atoms with Crippen LogP contribution in [0.4, 0.5) is 4.39 Å². The predicted molar refractivity (Wildman–Crippen MR) is 78.2 cm³/mol. The van der Waals surface area contributed by atoms with Crippen LogP contribution < -0.4 is 4.72 Å². The molecule has 1 rings (SSSR count). The molecule has 6 nitrogen and oxygen atoms in total. The number of sulfonamides is 1. The predicted octanol–water partition coefficient (Wildman–Crippen LogP) is 0.800. The summed E-state index contributed by atoms with van der Waals surface area (Å²) in [5.41, 5.74) is 0. The zero-order valence-corrected chi connectivity index (χ0v) is 14.1. The second-order valence-electron chi connectivity index (χ2n) is 4.06. The van der Waals surface area contributed by atoms with Crippen LogP contribution in [0, 0.1) is 5.82 Å². The van der Waals surface area contributed by atoms with Crippen LogP contribution in [0.3, 0.4) is 0 Å². The van der Waals surface area contributed by atoms with Crippen molar-refractivity contribution in [3.8, 4) is 0 Å². The molecule has 0 amide bonds. The van der Waals surface area contributed by atoms with Gasteiger partial charge < -0.3 is 0 Å². The van der Waals surface area contributed by atoms with Crippen molar-refractivity contribution >= 4 is 40.6 Å². The summed E-state index contributed by atoms with van der Waals surface area (Å²) < 4.78 is 72.4. The SMILES string of the molecule is CS(=O)CCCNS(=O)(=O)c1ccc(S(=O)(=O)Cl)cc1F. The molecule has 0 heterocycles. The Bertz CT molecular complexity index is 748. The first-order valence-electron chi connectivity index (χ1n) is 5.58. The van der Waals surface area contributed by atoms with Gasteiger partial charge in [0.25, 0.3) is 9.05 Å². The lowest BCUT2D eigenvalue weighted by atomic mass is 10.3. The van der Waals surface area contributed by atoms with E-state index in [9.17, 15) is 25.4 Å². The maximum absolute atomic E-state index is 13.7. The molecule has 1 unspecified atom stereocenters. The van der Waals surface area contributed by atoms with E-state index in [2.05, 4.69) is 4.72 Å². The van der Waals surface area contributed by atoms with Crippen LogP contribution >= 0.6 is 10.7 Å². The Kier molecular flexibility index (Phi) is 6.29. The third-order valence-corrected chi connectivity index (χ3v) is 6.08. The van der Waals surface area contributed by atoms with Crippen LogP contribution in [0.25, 0.3) is 0 Å². The van der Waals surface area contributed by atoms with Gasteiger partial charge in [-0.15, -0.1) is 0 Å². The van der Waals surface area contributed by atoms with Crippen LogP contribution in [0.2, 0.25) is 0 Å². The Balaban J connectivity index is 2.92. The average molecular weight is 378 g/mol. The molecule has 1 N–H and O–H groups in total. The number of rotatable bonds is 7. The van der Waals surface area contributed by atoms with Gasteiger partial charge in [0.1, 0.15) is 10.7 Å². The average Bonchev–Trinajstić information content (AvgIpc) is 2.33. The molecule has 0 aliphatic heterocycles. The lowest BCUT2D eigenvalue weighted by Crippen LogP contribution is -2.26. The van der Waals surface area contributed by atoms with Crippen LogP contribution in [0.15, 0.2) is 28.0 Å². The molecule has 0 saturated carbocycles. The van der Waals surface area contributed by atoms with Crippen molar-refractivity contribution in [2.24, 2.45) is 0 Å². The maximum Gasteiger partial charge on any atom is 0.261 e. The molecular weight excluding hydrogens is 365 g/mol. The molecule has 1 aromatic rings. The fourth-order valence-corrected chi connectivity index (χ4v) is 3.86. The maximum atomic E-state index is 13.7. The highest BCUT2D eigenvalue weighted by Crippen LogP contribution is 2.21. The van der Waals surface area contributed by atoms with Crippen molar-refractivity contribution in [3.05, 3.63) is 24.0 Å². The number of nitrogens with one attached hydrogen (secondary N) is 1. The van der Waals surface area contributed by atoms with E-state index in [1.807, 2.05) is 0 Å². The van der Waals surface area contributed by atoms with Crippen LogP contribution in [0.1, 0.15) is 6.42 Å². The molecule has 0 aliphatic carbocycles. The van der Waals surface area contributed by atoms with Crippen molar-refractivity contribution in [1.82, 2.24) is 4.72 Å². The summed E-state index contributed by atoms with van der Waals surface area (Å²) in [5, 5.41) is 0. The third kappa shape index (κ3) is 5.62. The number of hydrogen-bond donors (Lipinski definition) is 1. The summed E-state index contributed by atoms with van der Waals surface area (Å²) in [6.07, 6.45) is 1.82. The summed E-state index contributed by atoms with van der Waals surface area (Å²) in [5.74, 6) is -0.905. The summed E-state index contributed by atoms with van der Waals surface area (Å²) in [6, 6.07) is 2.27. The van der Waals surface area contributed by atoms with Crippen LogP contribution in [-0.2, 0) is 29.9 Å². The van der Waals surface area contributed by atoms with Gasteiger partial charge in [-0.1, -0.05) is 0 Å². The van der Waals surface area contributed by atoms with E-state index in [-0.39, 0.29) is 6.54 Å². The summed E-state index contributed by atoms with van der Waals surface area (Å²) in [7, 11) is -4.25. The van der Waals surface area contributed by atoms with E-state index in [4.69, 9.17) is 10.7 Å². The number of hydrogen-bond acceptors (Lipinski definition) is 5. The fraction of sp³-hybridized carbons (Fsp3) is 0.400. The van der Waals surface area contributed by atoms with Crippen molar-refractivity contribution in [3.63, 3.8) is 0 Å². The van der Waals surface area contributed by atoms with Crippen molar-refractivity contribution in [2.45, 2.75) is 16.2 Å². The summed E-state index contributed by atoms with van der Waals surface area (Å²) in [4.78, 5) is -1.20. The molecule has 0 spiro atoms. The standard InChI is InChI=1S/C10H13ClFNO5S3/c1-19(14)6-2-5-13-21(17,18)10-4-3-8(7-9(10)12)20(11,15)16/h3-4,7,13H,2,5-6H2,1H3. The van der Waals surface area contributed by atoms with Crippen molar-refractivity contribution < 1.29 is 25.4 Å². The van der Waals surface area contributed by atoms with E-state index in [0.717, 1.165) is 12.1 Å². The van der Waals surface area contributed by atoms with E-state index < -0.39 is 45.5 Å². The summed E-state index contributed by atoms with van der Waals surface area (Å²) in [6.45, 7) is -0.00307. The molecule has 0 aliphatic rings. The highest BCUT2D eigenvalue weighted by Gasteiger charge is 2.21. The second-order valence-corrected chi connectivity index (χ2v) is 9.91. The molecule has 0 bridgehead atoms. The van der Waals surface area contributed by atoms with Gasteiger partial charge in [-0.3, -0.25) is 4.21 Å². The van der Waals surface area contributed by atoms with Gasteiger partial charge in [-0.05, 0) is 24.6 Å². The molecule has 0 fully saturated rings. The minimum atomic E-state index is -4.13. The molecule has 21 heavy (non-hydrogen) atoms. The van der Waals surface area contributed by atoms with Gasteiger partial charge in [-0.25, -0.2) is 25.9 Å². The van der Waals surface area contributed by atoms with Crippen molar-refractivity contribution in [1.29, 1.82) is 0 Å². The third-order valence-electron chi connectivity index (χ3n) is 2.38. The quantitative estimate of drug-likeness (QED) is 0.560. The minimum Gasteiger partial charge on any atom is -0.260 e. The molecule has 0 radical (unpaired) electrons. The molecule has 11 heteroatoms. The number of benzene rings is 1. The molecule has 0 aromatic heterocycles. The fourth-order valence-electron chi connectivity index (χ4n) is 1.41. The van der Waals surface area contributed by atoms with Gasteiger partial charge in [0.05, 0.1) is 4.90 Å². The van der Waals surface area contributed by atoms with Crippen LogP contribution in [0.5, 0.6) is 0 Å². The minimum absolute atomic E-state index is 0.00307. The lowest BCUT2D eigenvalue weighted by molar-refractivity contribution is 0.553. The van der Waals surface area contributed by atoms with Gasteiger partial charge in [-0.2, -0.15) is 0 Å².